The van der Waals surface area contributed by atoms with Gasteiger partial charge in [0.1, 0.15) is 0 Å². The lowest BCUT2D eigenvalue weighted by atomic mass is 9.88. The number of carbonyl (C=O) groups is 1. The maximum atomic E-state index is 11.8. The van der Waals surface area contributed by atoms with Crippen LogP contribution >= 0.6 is 11.3 Å². The van der Waals surface area contributed by atoms with Crippen molar-refractivity contribution in [3.63, 3.8) is 0 Å². The molecule has 3 aromatic rings. The van der Waals surface area contributed by atoms with Gasteiger partial charge < -0.3 is 11.5 Å². The Morgan fingerprint density at radius 1 is 1.14 bits per heavy atom. The van der Waals surface area contributed by atoms with Crippen LogP contribution in [0.1, 0.15) is 23.1 Å². The summed E-state index contributed by atoms with van der Waals surface area (Å²) in [6, 6.07) is 9.24. The summed E-state index contributed by atoms with van der Waals surface area (Å²) in [6.45, 7) is 0. The van der Waals surface area contributed by atoms with Crippen molar-refractivity contribution < 1.29 is 4.79 Å². The molecule has 4 N–H and O–H groups in total. The maximum absolute atomic E-state index is 11.8. The van der Waals surface area contributed by atoms with E-state index in [9.17, 15) is 4.79 Å². The van der Waals surface area contributed by atoms with Crippen LogP contribution in [0.5, 0.6) is 0 Å². The molecule has 0 radical (unpaired) electrons. The number of hydrogen-bond donors (Lipinski definition) is 2. The second kappa shape index (κ2) is 5.63. The summed E-state index contributed by atoms with van der Waals surface area (Å²) in [5.41, 5.74) is 13.6. The molecule has 0 bridgehead atoms. The van der Waals surface area contributed by atoms with Crippen molar-refractivity contribution in [1.82, 2.24) is 4.98 Å². The van der Waals surface area contributed by atoms with E-state index in [0.29, 0.717) is 0 Å². The highest BCUT2D eigenvalue weighted by molar-refractivity contribution is 7.08. The zero-order valence-corrected chi connectivity index (χ0v) is 12.1. The third-order valence-corrected chi connectivity index (χ3v) is 4.32. The molecular weight excluding hydrogens is 282 g/mol. The topological polar surface area (TPSA) is 82.0 Å². The van der Waals surface area contributed by atoms with Crippen LogP contribution < -0.4 is 11.5 Å². The Labute approximate surface area is 126 Å². The second-order valence-corrected chi connectivity index (χ2v) is 5.72. The Bertz CT molecular complexity index is 770. The molecule has 0 aliphatic heterocycles. The molecule has 2 heterocycles. The first-order valence-electron chi connectivity index (χ1n) is 6.57. The largest absolute Gasteiger partial charge is 0.369 e. The van der Waals surface area contributed by atoms with E-state index in [-0.39, 0.29) is 0 Å². The molecule has 1 amide bonds. The number of thiophene rings is 1. The van der Waals surface area contributed by atoms with Crippen molar-refractivity contribution in [2.24, 2.45) is 11.5 Å². The lowest BCUT2D eigenvalue weighted by Gasteiger charge is -2.21. The van der Waals surface area contributed by atoms with Crippen LogP contribution in [0.3, 0.4) is 0 Å². The van der Waals surface area contributed by atoms with Crippen LogP contribution in [0.4, 0.5) is 0 Å². The average Bonchev–Trinajstić information content (AvgIpc) is 3.00. The van der Waals surface area contributed by atoms with E-state index in [0.717, 1.165) is 21.9 Å². The van der Waals surface area contributed by atoms with Gasteiger partial charge in [0, 0.05) is 23.8 Å². The molecule has 2 atom stereocenters. The van der Waals surface area contributed by atoms with Gasteiger partial charge in [0.15, 0.2) is 0 Å². The first-order valence-corrected chi connectivity index (χ1v) is 7.52. The number of hydrogen-bond acceptors (Lipinski definition) is 4. The number of aromatic nitrogens is 1. The summed E-state index contributed by atoms with van der Waals surface area (Å²) in [6.07, 6.45) is 3.54. The SMILES string of the molecule is NC(=O)C(c1ccsc1)C(N)c1ccc2cnccc2c1. The lowest BCUT2D eigenvalue weighted by molar-refractivity contribution is -0.119. The minimum atomic E-state index is -0.518. The van der Waals surface area contributed by atoms with Gasteiger partial charge in [0.05, 0.1) is 5.92 Å². The highest BCUT2D eigenvalue weighted by Gasteiger charge is 2.27. The van der Waals surface area contributed by atoms with Crippen LogP contribution in [0, 0.1) is 0 Å². The predicted octanol–water partition coefficient (Wildman–Crippen LogP) is 2.57. The Morgan fingerprint density at radius 3 is 2.71 bits per heavy atom. The molecule has 5 heteroatoms. The van der Waals surface area contributed by atoms with E-state index in [1.807, 2.05) is 41.1 Å². The summed E-state index contributed by atoms with van der Waals surface area (Å²) < 4.78 is 0. The quantitative estimate of drug-likeness (QED) is 0.776. The Morgan fingerprint density at radius 2 is 2.00 bits per heavy atom. The highest BCUT2D eigenvalue weighted by atomic mass is 32.1. The van der Waals surface area contributed by atoms with Crippen molar-refractivity contribution in [1.29, 1.82) is 0 Å². The molecular formula is C16H15N3OS. The van der Waals surface area contributed by atoms with Gasteiger partial charge >= 0.3 is 0 Å². The van der Waals surface area contributed by atoms with Crippen LogP contribution in [-0.4, -0.2) is 10.9 Å². The third-order valence-electron chi connectivity index (χ3n) is 3.62. The summed E-state index contributed by atoms with van der Waals surface area (Å²) in [7, 11) is 0. The number of fused-ring (bicyclic) bond motifs is 1. The molecule has 0 saturated carbocycles. The Balaban J connectivity index is 2.01. The van der Waals surface area contributed by atoms with Crippen molar-refractivity contribution in [3.05, 3.63) is 64.6 Å². The summed E-state index contributed by atoms with van der Waals surface area (Å²) >= 11 is 1.53. The normalized spacial score (nSPS) is 14.0. The molecule has 1 aromatic carbocycles. The minimum Gasteiger partial charge on any atom is -0.369 e. The zero-order chi connectivity index (χ0) is 14.8. The summed E-state index contributed by atoms with van der Waals surface area (Å²) in [4.78, 5) is 15.9. The van der Waals surface area contributed by atoms with E-state index >= 15 is 0 Å². The van der Waals surface area contributed by atoms with Crippen LogP contribution in [0.2, 0.25) is 0 Å². The number of amides is 1. The number of carbonyl (C=O) groups excluding carboxylic acids is 1. The molecule has 2 aromatic heterocycles. The molecule has 0 saturated heterocycles. The fourth-order valence-electron chi connectivity index (χ4n) is 2.50. The van der Waals surface area contributed by atoms with Gasteiger partial charge in [-0.05, 0) is 45.5 Å². The van der Waals surface area contributed by atoms with Crippen LogP contribution in [0.15, 0.2) is 53.5 Å². The molecule has 0 aliphatic rings. The molecule has 21 heavy (non-hydrogen) atoms. The second-order valence-electron chi connectivity index (χ2n) is 4.94. The summed E-state index contributed by atoms with van der Waals surface area (Å²) in [5, 5.41) is 5.93. The molecule has 0 aliphatic carbocycles. The van der Waals surface area contributed by atoms with E-state index < -0.39 is 17.9 Å². The third kappa shape index (κ3) is 2.66. The first kappa shape index (κ1) is 13.7. The van der Waals surface area contributed by atoms with Crippen molar-refractivity contribution in [2.75, 3.05) is 0 Å². The van der Waals surface area contributed by atoms with Gasteiger partial charge in [-0.2, -0.15) is 11.3 Å². The number of nitrogens with two attached hydrogens (primary N) is 2. The maximum Gasteiger partial charge on any atom is 0.226 e. The van der Waals surface area contributed by atoms with Crippen LogP contribution in [0.25, 0.3) is 10.8 Å². The highest BCUT2D eigenvalue weighted by Crippen LogP contribution is 2.31. The number of benzene rings is 1. The zero-order valence-electron chi connectivity index (χ0n) is 11.3. The van der Waals surface area contributed by atoms with Gasteiger partial charge in [-0.1, -0.05) is 12.1 Å². The molecule has 4 nitrogen and oxygen atoms in total. The van der Waals surface area contributed by atoms with Crippen molar-refractivity contribution in [2.45, 2.75) is 12.0 Å². The fraction of sp³-hybridized carbons (Fsp3) is 0.125. The molecule has 106 valence electrons. The van der Waals surface area contributed by atoms with Gasteiger partial charge in [0.25, 0.3) is 0 Å². The Kier molecular flexibility index (Phi) is 3.68. The number of nitrogens with zero attached hydrogens (tertiary/aromatic N) is 1. The van der Waals surface area contributed by atoms with E-state index in [1.165, 1.54) is 11.3 Å². The van der Waals surface area contributed by atoms with E-state index in [2.05, 4.69) is 4.98 Å². The number of primary amides is 1. The summed E-state index contributed by atoms with van der Waals surface area (Å²) in [5.74, 6) is -0.925. The van der Waals surface area contributed by atoms with Crippen LogP contribution in [-0.2, 0) is 4.79 Å². The smallest absolute Gasteiger partial charge is 0.226 e. The molecule has 3 rings (SSSR count). The number of pyridine rings is 1. The molecule has 0 spiro atoms. The van der Waals surface area contributed by atoms with Gasteiger partial charge in [-0.25, -0.2) is 0 Å². The van der Waals surface area contributed by atoms with Gasteiger partial charge in [-0.3, -0.25) is 9.78 Å². The number of rotatable bonds is 4. The Hall–Kier alpha value is -2.24. The fourth-order valence-corrected chi connectivity index (χ4v) is 3.20. The van der Waals surface area contributed by atoms with E-state index in [4.69, 9.17) is 11.5 Å². The predicted molar refractivity (Wildman–Crippen MR) is 84.9 cm³/mol. The van der Waals surface area contributed by atoms with Gasteiger partial charge in [0.2, 0.25) is 5.91 Å². The van der Waals surface area contributed by atoms with E-state index in [1.54, 1.807) is 12.4 Å². The minimum absolute atomic E-state index is 0.407. The standard InChI is InChI=1S/C16H15N3OS/c17-15(14(16(18)20)13-4-6-21-9-13)11-1-2-12-8-19-5-3-10(12)7-11/h1-9,14-15H,17H2,(H2,18,20). The van der Waals surface area contributed by atoms with Gasteiger partial charge in [-0.15, -0.1) is 0 Å². The first-order chi connectivity index (χ1) is 10.2. The lowest BCUT2D eigenvalue weighted by Crippen LogP contribution is -2.31. The average molecular weight is 297 g/mol. The van der Waals surface area contributed by atoms with Crippen molar-refractivity contribution in [3.8, 4) is 0 Å². The molecule has 0 fully saturated rings. The van der Waals surface area contributed by atoms with Crippen molar-refractivity contribution >= 4 is 28.0 Å². The molecule has 2 unspecified atom stereocenters. The monoisotopic (exact) mass is 297 g/mol.